The van der Waals surface area contributed by atoms with Crippen LogP contribution in [0.5, 0.6) is 0 Å². The van der Waals surface area contributed by atoms with Crippen molar-refractivity contribution in [2.75, 3.05) is 11.9 Å². The molecule has 2 aromatic rings. The van der Waals surface area contributed by atoms with Crippen molar-refractivity contribution in [3.05, 3.63) is 41.2 Å². The summed E-state index contributed by atoms with van der Waals surface area (Å²) in [6.45, 7) is 1.03. The maximum atomic E-state index is 14.1. The van der Waals surface area contributed by atoms with Crippen molar-refractivity contribution in [2.24, 2.45) is 0 Å². The summed E-state index contributed by atoms with van der Waals surface area (Å²) in [7, 11) is 0. The summed E-state index contributed by atoms with van der Waals surface area (Å²) in [6, 6.07) is 6.54. The first-order valence-electron chi connectivity index (χ1n) is 7.55. The van der Waals surface area contributed by atoms with Crippen molar-refractivity contribution < 1.29 is 14.3 Å². The fraction of sp³-hybridized carbons (Fsp3) is 0.353. The monoisotopic (exact) mass is 300 g/mol. The van der Waals surface area contributed by atoms with E-state index in [1.54, 1.807) is 18.2 Å². The number of carbonyl (C=O) groups is 1. The molecule has 3 N–H and O–H groups in total. The zero-order valence-corrected chi connectivity index (χ0v) is 12.1. The number of carbonyl (C=O) groups excluding carboxylic acids is 1. The van der Waals surface area contributed by atoms with E-state index in [2.05, 4.69) is 10.6 Å². The Morgan fingerprint density at radius 3 is 2.86 bits per heavy atom. The van der Waals surface area contributed by atoms with Crippen LogP contribution in [0.4, 0.5) is 10.1 Å². The Balaban J connectivity index is 1.63. The minimum absolute atomic E-state index is 0.190. The van der Waals surface area contributed by atoms with Crippen molar-refractivity contribution in [1.82, 2.24) is 5.32 Å². The maximum Gasteiger partial charge on any atom is 0.256 e. The van der Waals surface area contributed by atoms with Crippen LogP contribution >= 0.6 is 0 Å². The smallest absolute Gasteiger partial charge is 0.256 e. The topological polar surface area (TPSA) is 61.4 Å². The Labute approximate surface area is 127 Å². The normalized spacial score (nSPS) is 18.4. The minimum Gasteiger partial charge on any atom is -0.389 e. The summed E-state index contributed by atoms with van der Waals surface area (Å²) >= 11 is 0. The number of rotatable bonds is 4. The Kier molecular flexibility index (Phi) is 2.96. The number of halogens is 1. The van der Waals surface area contributed by atoms with Gasteiger partial charge in [-0.2, -0.15) is 0 Å². The number of nitrogens with one attached hydrogen (secondary N) is 2. The van der Waals surface area contributed by atoms with E-state index in [0.717, 1.165) is 24.8 Å². The quantitative estimate of drug-likeness (QED) is 0.813. The zero-order chi connectivity index (χ0) is 15.3. The highest BCUT2D eigenvalue weighted by atomic mass is 19.1. The van der Waals surface area contributed by atoms with Gasteiger partial charge in [0.15, 0.2) is 0 Å². The van der Waals surface area contributed by atoms with Gasteiger partial charge in [0.25, 0.3) is 5.91 Å². The van der Waals surface area contributed by atoms with Crippen LogP contribution < -0.4 is 10.6 Å². The van der Waals surface area contributed by atoms with Crippen LogP contribution in [0.1, 0.15) is 35.2 Å². The molecule has 114 valence electrons. The average molecular weight is 300 g/mol. The fourth-order valence-electron chi connectivity index (χ4n) is 3.29. The molecule has 22 heavy (non-hydrogen) atoms. The lowest BCUT2D eigenvalue weighted by Gasteiger charge is -2.36. The number of amides is 1. The predicted molar refractivity (Wildman–Crippen MR) is 82.4 cm³/mol. The van der Waals surface area contributed by atoms with Crippen molar-refractivity contribution in [3.63, 3.8) is 0 Å². The van der Waals surface area contributed by atoms with E-state index in [4.69, 9.17) is 0 Å². The second-order valence-corrected chi connectivity index (χ2v) is 6.30. The Hall–Kier alpha value is -1.98. The average Bonchev–Trinajstić information content (AvgIpc) is 2.79. The van der Waals surface area contributed by atoms with Crippen LogP contribution in [-0.2, 0) is 6.54 Å². The van der Waals surface area contributed by atoms with Crippen LogP contribution in [-0.4, -0.2) is 23.2 Å². The van der Waals surface area contributed by atoms with Crippen molar-refractivity contribution in [3.8, 4) is 0 Å². The van der Waals surface area contributed by atoms with Gasteiger partial charge in [-0.1, -0.05) is 0 Å². The molecule has 1 amide bonds. The molecule has 0 spiro atoms. The predicted octanol–water partition coefficient (Wildman–Crippen LogP) is 2.55. The molecule has 0 radical (unpaired) electrons. The van der Waals surface area contributed by atoms with Gasteiger partial charge in [0, 0.05) is 29.5 Å². The summed E-state index contributed by atoms with van der Waals surface area (Å²) in [5.74, 6) is -0.513. The largest absolute Gasteiger partial charge is 0.389 e. The van der Waals surface area contributed by atoms with E-state index in [1.807, 2.05) is 0 Å². The Bertz CT molecular complexity index is 784. The van der Waals surface area contributed by atoms with Crippen molar-refractivity contribution in [2.45, 2.75) is 31.4 Å². The van der Waals surface area contributed by atoms with Crippen molar-refractivity contribution >= 4 is 22.4 Å². The fourth-order valence-corrected chi connectivity index (χ4v) is 3.29. The molecule has 1 fully saturated rings. The third kappa shape index (κ3) is 2.09. The Morgan fingerprint density at radius 2 is 2.14 bits per heavy atom. The second-order valence-electron chi connectivity index (χ2n) is 6.30. The molecule has 5 heteroatoms. The Morgan fingerprint density at radius 1 is 1.32 bits per heavy atom. The van der Waals surface area contributed by atoms with E-state index in [-0.39, 0.29) is 11.7 Å². The molecule has 0 unspecified atom stereocenters. The van der Waals surface area contributed by atoms with E-state index < -0.39 is 5.60 Å². The molecule has 4 rings (SSSR count). The van der Waals surface area contributed by atoms with Gasteiger partial charge < -0.3 is 15.7 Å². The number of hydrogen-bond acceptors (Lipinski definition) is 3. The zero-order valence-electron chi connectivity index (χ0n) is 12.1. The summed E-state index contributed by atoms with van der Waals surface area (Å²) in [5.41, 5.74) is 1.44. The third-order valence-corrected chi connectivity index (χ3v) is 4.68. The highest BCUT2D eigenvalue weighted by molar-refractivity contribution is 6.24. The summed E-state index contributed by atoms with van der Waals surface area (Å²) in [5, 5.41) is 17.2. The molecule has 0 saturated heterocycles. The van der Waals surface area contributed by atoms with Crippen LogP contribution in [0, 0.1) is 5.82 Å². The molecule has 1 aliphatic heterocycles. The number of aliphatic hydroxyl groups is 1. The van der Waals surface area contributed by atoms with Crippen LogP contribution in [0.25, 0.3) is 10.8 Å². The van der Waals surface area contributed by atoms with Crippen molar-refractivity contribution in [1.29, 1.82) is 0 Å². The second kappa shape index (κ2) is 4.76. The lowest BCUT2D eigenvalue weighted by atomic mass is 9.80. The molecule has 2 aliphatic rings. The van der Waals surface area contributed by atoms with Gasteiger partial charge >= 0.3 is 0 Å². The first kappa shape index (κ1) is 13.7. The maximum absolute atomic E-state index is 14.1. The van der Waals surface area contributed by atoms with Gasteiger partial charge in [0.05, 0.1) is 11.2 Å². The van der Waals surface area contributed by atoms with E-state index >= 15 is 0 Å². The van der Waals surface area contributed by atoms with Gasteiger partial charge in [-0.3, -0.25) is 4.79 Å². The molecular weight excluding hydrogens is 283 g/mol. The van der Waals surface area contributed by atoms with Gasteiger partial charge in [-0.05, 0) is 49.1 Å². The standard InChI is InChI=1S/C17H17FN2O2/c18-13-2-3-14-15-11(13)6-10(7-12(15)16(21)20-14)8-19-9-17(22)4-1-5-17/h2-3,6-7,19,22H,1,4-5,8-9H2,(H,20,21). The van der Waals surface area contributed by atoms with Gasteiger partial charge in [-0.25, -0.2) is 4.39 Å². The lowest BCUT2D eigenvalue weighted by Crippen LogP contribution is -2.45. The van der Waals surface area contributed by atoms with E-state index in [0.29, 0.717) is 35.1 Å². The van der Waals surface area contributed by atoms with Gasteiger partial charge in [0.2, 0.25) is 0 Å². The van der Waals surface area contributed by atoms with E-state index in [9.17, 15) is 14.3 Å². The highest BCUT2D eigenvalue weighted by Crippen LogP contribution is 2.35. The molecule has 1 saturated carbocycles. The van der Waals surface area contributed by atoms with Crippen LogP contribution in [0.3, 0.4) is 0 Å². The van der Waals surface area contributed by atoms with Gasteiger partial charge in [-0.15, -0.1) is 0 Å². The summed E-state index contributed by atoms with van der Waals surface area (Å²) < 4.78 is 14.1. The van der Waals surface area contributed by atoms with Crippen LogP contribution in [0.2, 0.25) is 0 Å². The number of benzene rings is 2. The summed E-state index contributed by atoms with van der Waals surface area (Å²) in [6.07, 6.45) is 2.71. The number of hydrogen-bond donors (Lipinski definition) is 3. The number of anilines is 1. The minimum atomic E-state index is -0.594. The molecule has 0 aromatic heterocycles. The highest BCUT2D eigenvalue weighted by Gasteiger charge is 2.33. The third-order valence-electron chi connectivity index (χ3n) is 4.68. The molecule has 2 aromatic carbocycles. The molecule has 0 bridgehead atoms. The lowest BCUT2D eigenvalue weighted by molar-refractivity contribution is -0.0314. The van der Waals surface area contributed by atoms with E-state index in [1.165, 1.54) is 6.07 Å². The molecule has 1 heterocycles. The summed E-state index contributed by atoms with van der Waals surface area (Å²) in [4.78, 5) is 12.0. The first-order valence-corrected chi connectivity index (χ1v) is 7.55. The molecule has 4 nitrogen and oxygen atoms in total. The molecular formula is C17H17FN2O2. The van der Waals surface area contributed by atoms with Gasteiger partial charge in [0.1, 0.15) is 5.82 Å². The molecule has 0 atom stereocenters. The van der Waals surface area contributed by atoms with Crippen LogP contribution in [0.15, 0.2) is 24.3 Å². The SMILES string of the molecule is O=C1Nc2ccc(F)c3cc(CNCC4(O)CCC4)cc1c23. The first-order chi connectivity index (χ1) is 10.6. The molecule has 1 aliphatic carbocycles.